The van der Waals surface area contributed by atoms with Gasteiger partial charge in [0.05, 0.1) is 0 Å². The molecule has 1 aromatic rings. The third kappa shape index (κ3) is 4.55. The van der Waals surface area contributed by atoms with Crippen molar-refractivity contribution >= 4 is 15.9 Å². The summed E-state index contributed by atoms with van der Waals surface area (Å²) in [5.41, 5.74) is 1.55. The molecule has 4 heteroatoms. The van der Waals surface area contributed by atoms with E-state index in [2.05, 4.69) is 76.2 Å². The van der Waals surface area contributed by atoms with Crippen molar-refractivity contribution < 1.29 is 0 Å². The smallest absolute Gasteiger partial charge is 0.0278 e. The fraction of sp³-hybridized carbons (Fsp3) is 0.625. The minimum atomic E-state index is 0.219. The van der Waals surface area contributed by atoms with Crippen LogP contribution in [0.15, 0.2) is 28.7 Å². The molecule has 1 heterocycles. The molecule has 1 N–H and O–H groups in total. The van der Waals surface area contributed by atoms with Crippen LogP contribution in [0.5, 0.6) is 0 Å². The van der Waals surface area contributed by atoms with Crippen LogP contribution in [0.3, 0.4) is 0 Å². The summed E-state index contributed by atoms with van der Waals surface area (Å²) in [5, 5.41) is 3.60. The Morgan fingerprint density at radius 3 is 2.30 bits per heavy atom. The average molecular weight is 340 g/mol. The summed E-state index contributed by atoms with van der Waals surface area (Å²) in [5.74, 6) is 0. The van der Waals surface area contributed by atoms with E-state index >= 15 is 0 Å². The van der Waals surface area contributed by atoms with Gasteiger partial charge in [0.25, 0.3) is 0 Å². The number of benzene rings is 1. The van der Waals surface area contributed by atoms with Crippen LogP contribution in [0.25, 0.3) is 0 Å². The second-order valence-electron chi connectivity index (χ2n) is 6.33. The molecule has 0 aliphatic carbocycles. The van der Waals surface area contributed by atoms with Crippen molar-refractivity contribution in [1.82, 2.24) is 15.1 Å². The topological polar surface area (TPSA) is 18.5 Å². The van der Waals surface area contributed by atoms with Crippen molar-refractivity contribution in [3.63, 3.8) is 0 Å². The summed E-state index contributed by atoms with van der Waals surface area (Å²) >= 11 is 3.47. The van der Waals surface area contributed by atoms with Gasteiger partial charge in [-0.25, -0.2) is 0 Å². The minimum absolute atomic E-state index is 0.219. The number of nitrogens with one attached hydrogen (secondary N) is 1. The van der Waals surface area contributed by atoms with E-state index in [1.54, 1.807) is 0 Å². The van der Waals surface area contributed by atoms with Crippen LogP contribution in [0.2, 0.25) is 0 Å². The monoisotopic (exact) mass is 339 g/mol. The second-order valence-corrected chi connectivity index (χ2v) is 7.25. The highest BCUT2D eigenvalue weighted by atomic mass is 79.9. The molecule has 0 saturated carbocycles. The van der Waals surface area contributed by atoms with Crippen molar-refractivity contribution in [1.29, 1.82) is 0 Å². The Hall–Kier alpha value is -0.420. The first-order valence-corrected chi connectivity index (χ1v) is 8.15. The maximum absolute atomic E-state index is 3.60. The fourth-order valence-electron chi connectivity index (χ4n) is 2.64. The quantitative estimate of drug-likeness (QED) is 0.889. The summed E-state index contributed by atoms with van der Waals surface area (Å²) < 4.78 is 1.14. The molecule has 0 unspecified atom stereocenters. The zero-order valence-corrected chi connectivity index (χ0v) is 14.4. The third-order valence-electron chi connectivity index (χ3n) is 4.16. The second kappa shape index (κ2) is 7.03. The van der Waals surface area contributed by atoms with Gasteiger partial charge in [0, 0.05) is 49.3 Å². The first kappa shape index (κ1) is 16.0. The third-order valence-corrected chi connectivity index (χ3v) is 4.69. The van der Waals surface area contributed by atoms with Gasteiger partial charge in [-0.1, -0.05) is 28.1 Å². The molecule has 0 spiro atoms. The standard InChI is InChI=1S/C16H26BrN3/c1-16(2,20-10-8-19(3)9-11-20)13-18-12-14-4-6-15(17)7-5-14/h4-7,18H,8-13H2,1-3H3. The van der Waals surface area contributed by atoms with Gasteiger partial charge in [0.1, 0.15) is 0 Å². The van der Waals surface area contributed by atoms with Crippen LogP contribution in [0.4, 0.5) is 0 Å². The molecule has 3 nitrogen and oxygen atoms in total. The normalized spacial score (nSPS) is 18.4. The molecule has 0 aromatic heterocycles. The number of hydrogen-bond acceptors (Lipinski definition) is 3. The van der Waals surface area contributed by atoms with E-state index in [9.17, 15) is 0 Å². The lowest BCUT2D eigenvalue weighted by Crippen LogP contribution is -2.57. The summed E-state index contributed by atoms with van der Waals surface area (Å²) in [6.07, 6.45) is 0. The van der Waals surface area contributed by atoms with Gasteiger partial charge >= 0.3 is 0 Å². The van der Waals surface area contributed by atoms with Crippen LogP contribution in [0.1, 0.15) is 19.4 Å². The first-order valence-electron chi connectivity index (χ1n) is 7.36. The predicted octanol–water partition coefficient (Wildman–Crippen LogP) is 2.56. The Bertz CT molecular complexity index is 408. The average Bonchev–Trinajstić information content (AvgIpc) is 2.41. The number of nitrogens with zero attached hydrogens (tertiary/aromatic N) is 2. The summed E-state index contributed by atoms with van der Waals surface area (Å²) in [6, 6.07) is 8.53. The molecule has 1 aromatic carbocycles. The SMILES string of the molecule is CN1CCN(C(C)(C)CNCc2ccc(Br)cc2)CC1. The van der Waals surface area contributed by atoms with Crippen LogP contribution < -0.4 is 5.32 Å². The fourth-order valence-corrected chi connectivity index (χ4v) is 2.90. The van der Waals surface area contributed by atoms with Gasteiger partial charge in [-0.3, -0.25) is 4.90 Å². The molecule has 1 aliphatic rings. The lowest BCUT2D eigenvalue weighted by Gasteiger charge is -2.43. The van der Waals surface area contributed by atoms with Gasteiger partial charge in [0.2, 0.25) is 0 Å². The molecule has 2 rings (SSSR count). The largest absolute Gasteiger partial charge is 0.311 e. The minimum Gasteiger partial charge on any atom is -0.311 e. The van der Waals surface area contributed by atoms with Crippen LogP contribution in [-0.2, 0) is 6.54 Å². The highest BCUT2D eigenvalue weighted by molar-refractivity contribution is 9.10. The Labute approximate surface area is 131 Å². The molecule has 0 radical (unpaired) electrons. The lowest BCUT2D eigenvalue weighted by atomic mass is 10.0. The maximum atomic E-state index is 3.60. The summed E-state index contributed by atoms with van der Waals surface area (Å²) in [6.45, 7) is 11.3. The Kier molecular flexibility index (Phi) is 5.61. The number of hydrogen-bond donors (Lipinski definition) is 1. The Morgan fingerprint density at radius 1 is 1.10 bits per heavy atom. The van der Waals surface area contributed by atoms with Crippen molar-refractivity contribution in [2.45, 2.75) is 25.9 Å². The van der Waals surface area contributed by atoms with Gasteiger partial charge in [-0.05, 0) is 38.6 Å². The van der Waals surface area contributed by atoms with E-state index in [0.29, 0.717) is 0 Å². The van der Waals surface area contributed by atoms with Crippen molar-refractivity contribution in [3.05, 3.63) is 34.3 Å². The highest BCUT2D eigenvalue weighted by Crippen LogP contribution is 2.16. The van der Waals surface area contributed by atoms with Crippen LogP contribution in [0, 0.1) is 0 Å². The molecule has 1 saturated heterocycles. The van der Waals surface area contributed by atoms with Crippen LogP contribution >= 0.6 is 15.9 Å². The van der Waals surface area contributed by atoms with Gasteiger partial charge < -0.3 is 10.2 Å². The molecule has 20 heavy (non-hydrogen) atoms. The molecule has 112 valence electrons. The maximum Gasteiger partial charge on any atom is 0.0278 e. The summed E-state index contributed by atoms with van der Waals surface area (Å²) in [4.78, 5) is 5.00. The highest BCUT2D eigenvalue weighted by Gasteiger charge is 2.28. The molecule has 0 atom stereocenters. The van der Waals surface area contributed by atoms with E-state index in [4.69, 9.17) is 0 Å². The van der Waals surface area contributed by atoms with Crippen LogP contribution in [-0.4, -0.2) is 55.1 Å². The zero-order chi connectivity index (χ0) is 14.6. The molecular weight excluding hydrogens is 314 g/mol. The van der Waals surface area contributed by atoms with E-state index in [1.165, 1.54) is 31.7 Å². The zero-order valence-electron chi connectivity index (χ0n) is 12.8. The number of piperazine rings is 1. The number of halogens is 1. The Balaban J connectivity index is 1.78. The molecule has 1 aliphatic heterocycles. The molecule has 0 amide bonds. The lowest BCUT2D eigenvalue weighted by molar-refractivity contribution is 0.0618. The predicted molar refractivity (Wildman–Crippen MR) is 89.0 cm³/mol. The number of likely N-dealkylation sites (N-methyl/N-ethyl adjacent to an activating group) is 1. The van der Waals surface area contributed by atoms with E-state index in [-0.39, 0.29) is 5.54 Å². The first-order chi connectivity index (χ1) is 9.47. The van der Waals surface area contributed by atoms with Crippen molar-refractivity contribution in [2.75, 3.05) is 39.8 Å². The number of rotatable bonds is 5. The summed E-state index contributed by atoms with van der Waals surface area (Å²) in [7, 11) is 2.20. The molecule has 0 bridgehead atoms. The van der Waals surface area contributed by atoms with E-state index < -0.39 is 0 Å². The van der Waals surface area contributed by atoms with Crippen molar-refractivity contribution in [2.24, 2.45) is 0 Å². The van der Waals surface area contributed by atoms with Gasteiger partial charge in [0.15, 0.2) is 0 Å². The van der Waals surface area contributed by atoms with Gasteiger partial charge in [-0.2, -0.15) is 0 Å². The molecule has 1 fully saturated rings. The van der Waals surface area contributed by atoms with E-state index in [0.717, 1.165) is 17.6 Å². The molecular formula is C16H26BrN3. The van der Waals surface area contributed by atoms with Crippen molar-refractivity contribution in [3.8, 4) is 0 Å². The van der Waals surface area contributed by atoms with E-state index in [1.807, 2.05) is 0 Å². The Morgan fingerprint density at radius 2 is 1.70 bits per heavy atom. The van der Waals surface area contributed by atoms with Gasteiger partial charge in [-0.15, -0.1) is 0 Å².